The number of ether oxygens (including phenoxy) is 3. The number of fused-ring (bicyclic) bond motifs is 18. The van der Waals surface area contributed by atoms with Gasteiger partial charge in [0.15, 0.2) is 0 Å². The lowest BCUT2D eigenvalue weighted by molar-refractivity contribution is 0.0667. The molecular formula is C105H105N13O6. The highest BCUT2D eigenvalue weighted by Gasteiger charge is 2.61. The van der Waals surface area contributed by atoms with Crippen LogP contribution >= 0.6 is 0 Å². The molecule has 18 rings (SSSR count). The van der Waals surface area contributed by atoms with Gasteiger partial charge in [-0.05, 0) is 191 Å². The Labute approximate surface area is 727 Å². The fourth-order valence-electron chi connectivity index (χ4n) is 19.9. The molecule has 6 heterocycles. The smallest absolute Gasteiger partial charge is 0.275 e. The Morgan fingerprint density at radius 2 is 0.427 bits per heavy atom. The molecule has 0 saturated heterocycles. The Morgan fingerprint density at radius 1 is 0.242 bits per heavy atom. The number of benzene rings is 12. The minimum atomic E-state index is -1.20. The highest BCUT2D eigenvalue weighted by molar-refractivity contribution is 6.06. The molecule has 0 aliphatic carbocycles. The van der Waals surface area contributed by atoms with Crippen LogP contribution in [-0.4, -0.2) is 130 Å². The minimum absolute atomic E-state index is 0.231. The maximum atomic E-state index is 15.5. The molecule has 0 unspecified atom stereocenters. The van der Waals surface area contributed by atoms with Crippen molar-refractivity contribution < 1.29 is 28.6 Å². The summed E-state index contributed by atoms with van der Waals surface area (Å²) in [6.45, 7) is 35.5. The normalized spacial score (nSPS) is 14.8. The summed E-state index contributed by atoms with van der Waals surface area (Å²) in [4.78, 5) is 62.4. The predicted octanol–water partition coefficient (Wildman–Crippen LogP) is 21.9. The van der Waals surface area contributed by atoms with Gasteiger partial charge >= 0.3 is 0 Å². The molecule has 12 aromatic rings. The van der Waals surface area contributed by atoms with E-state index < -0.39 is 16.6 Å². The third-order valence-electron chi connectivity index (χ3n) is 26.2. The van der Waals surface area contributed by atoms with Gasteiger partial charge < -0.3 is 48.5 Å². The highest BCUT2D eigenvalue weighted by Crippen LogP contribution is 2.63. The van der Waals surface area contributed by atoms with Gasteiger partial charge in [-0.15, -0.1) is 0 Å². The monoisotopic (exact) mass is 1640 g/mol. The van der Waals surface area contributed by atoms with Crippen molar-refractivity contribution in [2.24, 2.45) is 15.3 Å². The second kappa shape index (κ2) is 33.1. The molecule has 0 bridgehead atoms. The second-order valence-electron chi connectivity index (χ2n) is 31.9. The van der Waals surface area contributed by atoms with E-state index in [1.165, 1.54) is 0 Å². The zero-order chi connectivity index (χ0) is 85.9. The van der Waals surface area contributed by atoms with Gasteiger partial charge in [0.05, 0.1) is 18.6 Å². The first-order valence-electron chi connectivity index (χ1n) is 44.1. The van der Waals surface area contributed by atoms with Crippen LogP contribution in [0, 0.1) is 0 Å². The topological polar surface area (TPSA) is 148 Å². The molecule has 124 heavy (non-hydrogen) atoms. The first-order valence-corrected chi connectivity index (χ1v) is 44.1. The fraction of sp³-hybridized carbons (Fsp3) is 0.257. The third kappa shape index (κ3) is 12.9. The second-order valence-corrected chi connectivity index (χ2v) is 31.9. The average Bonchev–Trinajstić information content (AvgIpc) is 1.68. The number of anilines is 9. The van der Waals surface area contributed by atoms with Crippen molar-refractivity contribution in [3.05, 3.63) is 338 Å². The molecule has 12 aromatic carbocycles. The van der Waals surface area contributed by atoms with Gasteiger partial charge in [-0.3, -0.25) is 14.4 Å². The van der Waals surface area contributed by atoms with E-state index in [0.717, 1.165) is 196 Å². The van der Waals surface area contributed by atoms with Crippen LogP contribution in [0.1, 0.15) is 181 Å². The molecule has 6 aliphatic rings. The zero-order valence-electron chi connectivity index (χ0n) is 72.7. The number of carbonyl (C=O) groups excluding carboxylic acids is 3. The van der Waals surface area contributed by atoms with E-state index in [0.29, 0.717) is 51.2 Å². The van der Waals surface area contributed by atoms with E-state index in [1.54, 1.807) is 33.7 Å². The van der Waals surface area contributed by atoms with Crippen molar-refractivity contribution in [2.75, 3.05) is 113 Å². The Hall–Kier alpha value is -13.9. The first-order chi connectivity index (χ1) is 60.6. The van der Waals surface area contributed by atoms with Crippen molar-refractivity contribution in [3.63, 3.8) is 0 Å². The number of hydrazone groups is 3. The largest absolute Gasteiger partial charge is 0.456 e. The van der Waals surface area contributed by atoms with Gasteiger partial charge in [0.1, 0.15) is 51.1 Å². The lowest BCUT2D eigenvalue weighted by atomic mass is 9.75. The summed E-state index contributed by atoms with van der Waals surface area (Å²) < 4.78 is 21.1. The molecular weight excluding hydrogens is 1540 g/mol. The maximum absolute atomic E-state index is 15.5. The summed E-state index contributed by atoms with van der Waals surface area (Å²) >= 11 is 0. The van der Waals surface area contributed by atoms with Crippen LogP contribution in [0.3, 0.4) is 0 Å². The van der Waals surface area contributed by atoms with Crippen molar-refractivity contribution in [2.45, 2.75) is 99.7 Å². The summed E-state index contributed by atoms with van der Waals surface area (Å²) in [5, 5.41) is 21.0. The highest BCUT2D eigenvalue weighted by atomic mass is 16.5. The maximum Gasteiger partial charge on any atom is 0.275 e. The molecule has 0 N–H and O–H groups in total. The number of nitrogens with zero attached hydrogens (tertiary/aromatic N) is 13. The number of carbonyl (C=O) groups is 3. The van der Waals surface area contributed by atoms with Crippen molar-refractivity contribution in [1.82, 2.24) is 15.0 Å². The fourth-order valence-corrected chi connectivity index (χ4v) is 19.9. The molecule has 0 saturated carbocycles. The number of hydrogen-bond acceptors (Lipinski definition) is 16. The van der Waals surface area contributed by atoms with Gasteiger partial charge in [0.25, 0.3) is 17.7 Å². The van der Waals surface area contributed by atoms with E-state index in [-0.39, 0.29) is 17.7 Å². The summed E-state index contributed by atoms with van der Waals surface area (Å²) in [5.74, 6) is 3.27. The van der Waals surface area contributed by atoms with E-state index in [2.05, 4.69) is 281 Å². The molecule has 626 valence electrons. The Bertz CT molecular complexity index is 5420. The van der Waals surface area contributed by atoms with Gasteiger partial charge in [-0.2, -0.15) is 15.3 Å². The predicted molar refractivity (Wildman–Crippen MR) is 502 cm³/mol. The van der Waals surface area contributed by atoms with E-state index in [9.17, 15) is 0 Å². The minimum Gasteiger partial charge on any atom is -0.456 e. The summed E-state index contributed by atoms with van der Waals surface area (Å²) in [6, 6.07) is 86.3. The SMILES string of the molecule is CCN(CC)c1ccc2c(c1)Oc1cc(N(CC)CC)ccc1C21c2ccccc2C(=O)N1/N=C/c1ccc(N(c2ccc(/C=N/N3C(=O)c4ccccc4C34c3ccc(N(CC)CC)cc3Oc3cc(N(CC)CC)ccc34)cc2)c2ccc(/C=N/N3C(=O)c4ccccc4C34c3ccc(N(CC)CC)cc3Oc3cc(N(CC)CC)ccc34)cc2)cc1. The van der Waals surface area contributed by atoms with Crippen LogP contribution in [0.2, 0.25) is 0 Å². The van der Waals surface area contributed by atoms with Crippen LogP contribution in [0.15, 0.2) is 270 Å². The van der Waals surface area contributed by atoms with Gasteiger partial charge in [0, 0.05) is 233 Å². The average molecular weight is 1650 g/mol. The lowest BCUT2D eigenvalue weighted by Gasteiger charge is -2.42. The quantitative estimate of drug-likeness (QED) is 0.0450. The van der Waals surface area contributed by atoms with Crippen molar-refractivity contribution in [1.29, 1.82) is 0 Å². The summed E-state index contributed by atoms with van der Waals surface area (Å²) in [5.41, 5.74) is 16.3. The van der Waals surface area contributed by atoms with Crippen LogP contribution in [0.5, 0.6) is 34.5 Å². The van der Waals surface area contributed by atoms with Gasteiger partial charge in [-0.1, -0.05) is 127 Å². The van der Waals surface area contributed by atoms with Crippen LogP contribution in [-0.2, 0) is 16.6 Å². The lowest BCUT2D eigenvalue weighted by Crippen LogP contribution is -2.44. The molecule has 0 aromatic heterocycles. The summed E-state index contributed by atoms with van der Waals surface area (Å²) in [7, 11) is 0. The van der Waals surface area contributed by atoms with Crippen LogP contribution in [0.25, 0.3) is 0 Å². The molecule has 19 heteroatoms. The Kier molecular flexibility index (Phi) is 21.7. The van der Waals surface area contributed by atoms with Crippen molar-refractivity contribution in [3.8, 4) is 34.5 Å². The summed E-state index contributed by atoms with van der Waals surface area (Å²) in [6.07, 6.45) is 5.34. The zero-order valence-corrected chi connectivity index (χ0v) is 72.7. The molecule has 3 spiro atoms. The number of amides is 3. The van der Waals surface area contributed by atoms with E-state index >= 15 is 14.4 Å². The number of hydrogen-bond donors (Lipinski definition) is 0. The van der Waals surface area contributed by atoms with Crippen LogP contribution in [0.4, 0.5) is 51.2 Å². The molecule has 0 atom stereocenters. The van der Waals surface area contributed by atoms with Gasteiger partial charge in [-0.25, -0.2) is 15.0 Å². The van der Waals surface area contributed by atoms with E-state index in [1.807, 2.05) is 91.0 Å². The van der Waals surface area contributed by atoms with Crippen molar-refractivity contribution >= 4 is 87.6 Å². The molecule has 0 radical (unpaired) electrons. The number of rotatable bonds is 27. The Morgan fingerprint density at radius 3 is 0.621 bits per heavy atom. The molecule has 19 nitrogen and oxygen atoms in total. The molecule has 3 amide bonds. The standard InChI is InChI=1S/C105H105N13O6/c1-13-109(14-2)76-49-55-88-94(61-76)122-95-62-77(110(15-3)16-4)50-56-89(95)103(88)85-34-28-25-31-82(85)100(119)116(103)106-67-70-37-43-73(44-38-70)115(74-45-39-71(40-46-74)68-107-117-101(120)83-32-26-29-35-86(83)104(117)90-57-51-78(111(17-5)18-6)63-96(90)123-97-64-79(52-58-91(97)104)112(19-7)20-8)75-47-41-72(42-48-75)69-108-118-102(121)84-33-27-30-36-87(84)105(118)92-59-53-80(113(21-9)22-10)65-98(92)124-99-66-81(54-60-93(99)105)114(23-11)24-12/h25-69H,13-24H2,1-12H3/b106-67+,107-68+,108-69+. The Balaban J connectivity index is 0.738. The van der Waals surface area contributed by atoms with E-state index in [4.69, 9.17) is 29.5 Å². The molecule has 0 fully saturated rings. The molecule has 6 aliphatic heterocycles. The first kappa shape index (κ1) is 81.1. The third-order valence-corrected chi connectivity index (χ3v) is 26.2. The van der Waals surface area contributed by atoms with Gasteiger partial charge in [0.2, 0.25) is 0 Å². The van der Waals surface area contributed by atoms with Crippen LogP contribution < -0.4 is 48.5 Å².